The highest BCUT2D eigenvalue weighted by atomic mass is 16.5. The van der Waals surface area contributed by atoms with Gasteiger partial charge in [0.2, 0.25) is 0 Å². The normalized spacial score (nSPS) is 9.75. The molecule has 0 atom stereocenters. The third kappa shape index (κ3) is 2.74. The maximum absolute atomic E-state index is 10.9. The van der Waals surface area contributed by atoms with Crippen molar-refractivity contribution in [2.75, 3.05) is 6.61 Å². The minimum Gasteiger partial charge on any atom is -0.466 e. The highest BCUT2D eigenvalue weighted by Crippen LogP contribution is 2.01. The Balaban J connectivity index is 2.22. The number of nitrogens with zero attached hydrogens (tertiary/aromatic N) is 1. The molecule has 0 fully saturated rings. The number of esters is 1. The predicted octanol–water partition coefficient (Wildman–Crippen LogP) is 1.17. The Morgan fingerprint density at radius 1 is 1.75 bits per heavy atom. The molecule has 0 saturated carbocycles. The maximum atomic E-state index is 10.9. The summed E-state index contributed by atoms with van der Waals surface area (Å²) in [6.45, 7) is 2.22. The van der Waals surface area contributed by atoms with E-state index in [-0.39, 0.29) is 5.97 Å². The van der Waals surface area contributed by atoms with Crippen molar-refractivity contribution in [1.82, 2.24) is 5.16 Å². The van der Waals surface area contributed by atoms with Crippen LogP contribution in [0.4, 0.5) is 0 Å². The number of hydrogen-bond acceptors (Lipinski definition) is 4. The molecule has 0 bridgehead atoms. The summed E-state index contributed by atoms with van der Waals surface area (Å²) in [6.07, 6.45) is 4.13. The number of aromatic nitrogens is 1. The number of ether oxygens (including phenoxy) is 1. The van der Waals surface area contributed by atoms with Crippen molar-refractivity contribution in [3.63, 3.8) is 0 Å². The van der Waals surface area contributed by atoms with Crippen LogP contribution in [0.1, 0.15) is 18.9 Å². The van der Waals surface area contributed by atoms with E-state index in [1.807, 2.05) is 0 Å². The minimum atomic E-state index is -0.182. The van der Waals surface area contributed by atoms with E-state index in [9.17, 15) is 4.79 Å². The molecule has 1 aromatic rings. The number of carbonyl (C=O) groups is 1. The number of aryl methyl sites for hydroxylation is 1. The van der Waals surface area contributed by atoms with Gasteiger partial charge in [-0.05, 0) is 13.3 Å². The van der Waals surface area contributed by atoms with Crippen LogP contribution in [0.5, 0.6) is 0 Å². The summed E-state index contributed by atoms with van der Waals surface area (Å²) in [5.74, 6) is -0.182. The molecule has 12 heavy (non-hydrogen) atoms. The van der Waals surface area contributed by atoms with Gasteiger partial charge in [-0.2, -0.15) is 0 Å². The molecule has 0 saturated heterocycles. The molecule has 0 amide bonds. The predicted molar refractivity (Wildman–Crippen MR) is 41.5 cm³/mol. The monoisotopic (exact) mass is 169 g/mol. The fraction of sp³-hybridized carbons (Fsp3) is 0.500. The lowest BCUT2D eigenvalue weighted by Gasteiger charge is -1.98. The summed E-state index contributed by atoms with van der Waals surface area (Å²) in [5, 5.41) is 3.52. The topological polar surface area (TPSA) is 52.3 Å². The molecule has 66 valence electrons. The zero-order valence-corrected chi connectivity index (χ0v) is 6.95. The van der Waals surface area contributed by atoms with E-state index in [0.29, 0.717) is 19.4 Å². The minimum absolute atomic E-state index is 0.182. The van der Waals surface area contributed by atoms with E-state index in [0.717, 1.165) is 5.56 Å². The van der Waals surface area contributed by atoms with Gasteiger partial charge in [-0.15, -0.1) is 0 Å². The fourth-order valence-electron chi connectivity index (χ4n) is 0.830. The van der Waals surface area contributed by atoms with Crippen molar-refractivity contribution in [2.24, 2.45) is 0 Å². The molecule has 0 radical (unpaired) electrons. The molecule has 4 heteroatoms. The lowest BCUT2D eigenvalue weighted by Crippen LogP contribution is -2.04. The van der Waals surface area contributed by atoms with Crippen LogP contribution in [0.3, 0.4) is 0 Å². The summed E-state index contributed by atoms with van der Waals surface area (Å²) in [7, 11) is 0. The molecule has 0 aliphatic rings. The van der Waals surface area contributed by atoms with E-state index >= 15 is 0 Å². The first-order chi connectivity index (χ1) is 5.83. The fourth-order valence-corrected chi connectivity index (χ4v) is 0.830. The van der Waals surface area contributed by atoms with Gasteiger partial charge in [0, 0.05) is 12.0 Å². The summed E-state index contributed by atoms with van der Waals surface area (Å²) >= 11 is 0. The smallest absolute Gasteiger partial charge is 0.306 e. The third-order valence-electron chi connectivity index (χ3n) is 1.41. The van der Waals surface area contributed by atoms with Gasteiger partial charge < -0.3 is 9.26 Å². The number of carbonyl (C=O) groups excluding carboxylic acids is 1. The van der Waals surface area contributed by atoms with E-state index in [4.69, 9.17) is 4.74 Å². The first kappa shape index (κ1) is 8.77. The molecule has 0 aromatic carbocycles. The lowest BCUT2D eigenvalue weighted by molar-refractivity contribution is -0.143. The van der Waals surface area contributed by atoms with Crippen LogP contribution in [-0.4, -0.2) is 17.7 Å². The zero-order valence-electron chi connectivity index (χ0n) is 6.95. The SMILES string of the molecule is CCOC(=O)CCc1cnoc1. The molecule has 0 aliphatic carbocycles. The van der Waals surface area contributed by atoms with Crippen LogP contribution < -0.4 is 0 Å². The van der Waals surface area contributed by atoms with Crippen molar-refractivity contribution >= 4 is 5.97 Å². The summed E-state index contributed by atoms with van der Waals surface area (Å²) in [6, 6.07) is 0. The second kappa shape index (κ2) is 4.54. The number of hydrogen-bond donors (Lipinski definition) is 0. The van der Waals surface area contributed by atoms with Gasteiger partial charge in [0.1, 0.15) is 6.26 Å². The summed E-state index contributed by atoms with van der Waals surface area (Å²) in [4.78, 5) is 10.9. The summed E-state index contributed by atoms with van der Waals surface area (Å²) < 4.78 is 9.35. The third-order valence-corrected chi connectivity index (χ3v) is 1.41. The average molecular weight is 169 g/mol. The van der Waals surface area contributed by atoms with E-state index in [1.165, 1.54) is 6.26 Å². The molecule has 1 aromatic heterocycles. The zero-order chi connectivity index (χ0) is 8.81. The second-order valence-electron chi connectivity index (χ2n) is 2.34. The second-order valence-corrected chi connectivity index (χ2v) is 2.34. The highest BCUT2D eigenvalue weighted by molar-refractivity contribution is 5.69. The Hall–Kier alpha value is -1.32. The van der Waals surface area contributed by atoms with Gasteiger partial charge in [0.15, 0.2) is 0 Å². The van der Waals surface area contributed by atoms with Crippen LogP contribution in [0.2, 0.25) is 0 Å². The van der Waals surface area contributed by atoms with Crippen LogP contribution >= 0.6 is 0 Å². The van der Waals surface area contributed by atoms with E-state index in [2.05, 4.69) is 9.68 Å². The number of rotatable bonds is 4. The molecular formula is C8H11NO3. The Morgan fingerprint density at radius 2 is 2.58 bits per heavy atom. The summed E-state index contributed by atoms with van der Waals surface area (Å²) in [5.41, 5.74) is 0.919. The van der Waals surface area contributed by atoms with Crippen molar-refractivity contribution < 1.29 is 14.1 Å². The first-order valence-electron chi connectivity index (χ1n) is 3.86. The first-order valence-corrected chi connectivity index (χ1v) is 3.86. The molecule has 0 N–H and O–H groups in total. The van der Waals surface area contributed by atoms with Gasteiger partial charge >= 0.3 is 5.97 Å². The Morgan fingerprint density at radius 3 is 3.17 bits per heavy atom. The van der Waals surface area contributed by atoms with Gasteiger partial charge in [0.05, 0.1) is 12.8 Å². The van der Waals surface area contributed by atoms with Crippen molar-refractivity contribution in [3.05, 3.63) is 18.0 Å². The highest BCUT2D eigenvalue weighted by Gasteiger charge is 2.03. The Kier molecular flexibility index (Phi) is 3.32. The molecule has 0 spiro atoms. The molecule has 0 aliphatic heterocycles. The molecule has 4 nitrogen and oxygen atoms in total. The van der Waals surface area contributed by atoms with E-state index < -0.39 is 0 Å². The van der Waals surface area contributed by atoms with Crippen LogP contribution in [-0.2, 0) is 16.0 Å². The van der Waals surface area contributed by atoms with Crippen LogP contribution in [0.15, 0.2) is 17.0 Å². The van der Waals surface area contributed by atoms with E-state index in [1.54, 1.807) is 13.1 Å². The van der Waals surface area contributed by atoms with Gasteiger partial charge in [0.25, 0.3) is 0 Å². The van der Waals surface area contributed by atoms with Crippen molar-refractivity contribution in [1.29, 1.82) is 0 Å². The lowest BCUT2D eigenvalue weighted by atomic mass is 10.2. The molecular weight excluding hydrogens is 158 g/mol. The average Bonchev–Trinajstić information content (AvgIpc) is 2.53. The van der Waals surface area contributed by atoms with Crippen LogP contribution in [0.25, 0.3) is 0 Å². The van der Waals surface area contributed by atoms with Crippen LogP contribution in [0, 0.1) is 0 Å². The maximum Gasteiger partial charge on any atom is 0.306 e. The quantitative estimate of drug-likeness (QED) is 0.635. The molecule has 1 heterocycles. The van der Waals surface area contributed by atoms with Gasteiger partial charge in [-0.1, -0.05) is 5.16 Å². The van der Waals surface area contributed by atoms with Crippen molar-refractivity contribution in [3.8, 4) is 0 Å². The van der Waals surface area contributed by atoms with Gasteiger partial charge in [-0.25, -0.2) is 0 Å². The molecule has 0 unspecified atom stereocenters. The van der Waals surface area contributed by atoms with Gasteiger partial charge in [-0.3, -0.25) is 4.79 Å². The Labute approximate surface area is 70.5 Å². The van der Waals surface area contributed by atoms with Crippen molar-refractivity contribution in [2.45, 2.75) is 19.8 Å². The largest absolute Gasteiger partial charge is 0.466 e. The Bertz CT molecular complexity index is 230. The molecule has 1 rings (SSSR count). The standard InChI is InChI=1S/C8H11NO3/c1-2-11-8(10)4-3-7-5-9-12-6-7/h5-6H,2-4H2,1H3.